The predicted molar refractivity (Wildman–Crippen MR) is 72.9 cm³/mol. The highest BCUT2D eigenvalue weighted by molar-refractivity contribution is 7.09. The van der Waals surface area contributed by atoms with Gasteiger partial charge in [-0.05, 0) is 19.9 Å². The molecule has 0 fully saturated rings. The quantitative estimate of drug-likeness (QED) is 0.933. The van der Waals surface area contributed by atoms with Gasteiger partial charge in [0.1, 0.15) is 21.9 Å². The molecule has 2 aromatic heterocycles. The van der Waals surface area contributed by atoms with Gasteiger partial charge in [0.05, 0.1) is 11.6 Å². The van der Waals surface area contributed by atoms with Crippen LogP contribution in [0.3, 0.4) is 0 Å². The van der Waals surface area contributed by atoms with Crippen molar-refractivity contribution in [2.75, 3.05) is 5.32 Å². The lowest BCUT2D eigenvalue weighted by molar-refractivity contribution is 0.855. The zero-order valence-electron chi connectivity index (χ0n) is 9.94. The van der Waals surface area contributed by atoms with Gasteiger partial charge in [0.15, 0.2) is 0 Å². The molecular weight excluding hydrogens is 268 g/mol. The standard InChI is InChI=1S/C12H11ClN4S/c1-7-6-18-12(16-7)8(2)17-11-10(13)9(5-14)3-4-15-11/h3-4,6,8H,1-2H3,(H,15,17). The minimum absolute atomic E-state index is 0.00245. The van der Waals surface area contributed by atoms with Crippen molar-refractivity contribution in [3.8, 4) is 6.07 Å². The van der Waals surface area contributed by atoms with E-state index in [1.165, 1.54) is 0 Å². The molecule has 2 rings (SSSR count). The number of aromatic nitrogens is 2. The van der Waals surface area contributed by atoms with Gasteiger partial charge in [-0.3, -0.25) is 0 Å². The number of hydrogen-bond donors (Lipinski definition) is 1. The second kappa shape index (κ2) is 5.34. The smallest absolute Gasteiger partial charge is 0.146 e. The van der Waals surface area contributed by atoms with Gasteiger partial charge in [0.2, 0.25) is 0 Å². The number of nitrogens with zero attached hydrogens (tertiary/aromatic N) is 3. The van der Waals surface area contributed by atoms with Crippen molar-refractivity contribution in [1.82, 2.24) is 9.97 Å². The second-order valence-electron chi connectivity index (χ2n) is 3.83. The molecule has 0 radical (unpaired) electrons. The van der Waals surface area contributed by atoms with Gasteiger partial charge in [0.25, 0.3) is 0 Å². The maximum atomic E-state index is 8.90. The summed E-state index contributed by atoms with van der Waals surface area (Å²) in [7, 11) is 0. The van der Waals surface area contributed by atoms with Crippen LogP contribution in [0.1, 0.15) is 29.2 Å². The molecule has 0 aromatic carbocycles. The van der Waals surface area contributed by atoms with E-state index in [-0.39, 0.29) is 6.04 Å². The summed E-state index contributed by atoms with van der Waals surface area (Å²) in [6.45, 7) is 3.93. The lowest BCUT2D eigenvalue weighted by Crippen LogP contribution is -2.08. The molecule has 1 unspecified atom stereocenters. The molecule has 2 aromatic rings. The summed E-state index contributed by atoms with van der Waals surface area (Å²) in [6.07, 6.45) is 1.56. The number of rotatable bonds is 3. The van der Waals surface area contributed by atoms with Crippen molar-refractivity contribution < 1.29 is 0 Å². The average molecular weight is 279 g/mol. The fraction of sp³-hybridized carbons (Fsp3) is 0.250. The first-order valence-electron chi connectivity index (χ1n) is 5.35. The summed E-state index contributed by atoms with van der Waals surface area (Å²) < 4.78 is 0. The third-order valence-corrected chi connectivity index (χ3v) is 3.90. The molecular formula is C12H11ClN4S. The SMILES string of the molecule is Cc1csc(C(C)Nc2nccc(C#N)c2Cl)n1. The molecule has 0 aliphatic carbocycles. The number of aryl methyl sites for hydroxylation is 1. The Balaban J connectivity index is 2.22. The number of nitriles is 1. The van der Waals surface area contributed by atoms with Crippen LogP contribution < -0.4 is 5.32 Å². The molecule has 6 heteroatoms. The number of halogens is 1. The minimum Gasteiger partial charge on any atom is -0.360 e. The van der Waals surface area contributed by atoms with Crippen molar-refractivity contribution in [3.05, 3.63) is 38.9 Å². The third-order valence-electron chi connectivity index (χ3n) is 2.37. The maximum Gasteiger partial charge on any atom is 0.146 e. The highest BCUT2D eigenvalue weighted by atomic mass is 35.5. The van der Waals surface area contributed by atoms with Crippen LogP contribution >= 0.6 is 22.9 Å². The monoisotopic (exact) mass is 278 g/mol. The topological polar surface area (TPSA) is 61.6 Å². The number of hydrogen-bond acceptors (Lipinski definition) is 5. The highest BCUT2D eigenvalue weighted by Gasteiger charge is 2.13. The Morgan fingerprint density at radius 2 is 2.33 bits per heavy atom. The van der Waals surface area contributed by atoms with Crippen molar-refractivity contribution in [1.29, 1.82) is 5.26 Å². The Hall–Kier alpha value is -1.64. The van der Waals surface area contributed by atoms with Crippen molar-refractivity contribution in [2.24, 2.45) is 0 Å². The zero-order valence-corrected chi connectivity index (χ0v) is 11.5. The van der Waals surface area contributed by atoms with E-state index in [1.54, 1.807) is 23.6 Å². The zero-order chi connectivity index (χ0) is 13.1. The molecule has 1 atom stereocenters. The molecule has 4 nitrogen and oxygen atoms in total. The molecule has 0 spiro atoms. The van der Waals surface area contributed by atoms with Crippen LogP contribution in [-0.2, 0) is 0 Å². The van der Waals surface area contributed by atoms with Gasteiger partial charge in [0, 0.05) is 17.3 Å². The van der Waals surface area contributed by atoms with Crippen LogP contribution in [-0.4, -0.2) is 9.97 Å². The number of anilines is 1. The minimum atomic E-state index is 0.00245. The normalized spacial score (nSPS) is 11.9. The molecule has 0 saturated carbocycles. The van der Waals surface area contributed by atoms with Crippen molar-refractivity contribution in [2.45, 2.75) is 19.9 Å². The first kappa shape index (κ1) is 12.8. The highest BCUT2D eigenvalue weighted by Crippen LogP contribution is 2.27. The fourth-order valence-corrected chi connectivity index (χ4v) is 2.48. The van der Waals surface area contributed by atoms with E-state index in [4.69, 9.17) is 16.9 Å². The van der Waals surface area contributed by atoms with E-state index in [0.717, 1.165) is 10.7 Å². The lowest BCUT2D eigenvalue weighted by atomic mass is 10.2. The molecule has 2 heterocycles. The average Bonchev–Trinajstić information content (AvgIpc) is 2.78. The van der Waals surface area contributed by atoms with E-state index < -0.39 is 0 Å². The molecule has 18 heavy (non-hydrogen) atoms. The number of pyridine rings is 1. The van der Waals surface area contributed by atoms with Crippen molar-refractivity contribution in [3.63, 3.8) is 0 Å². The maximum absolute atomic E-state index is 8.90. The van der Waals surface area contributed by atoms with Crippen LogP contribution in [0.15, 0.2) is 17.6 Å². The Bertz CT molecular complexity index is 602. The summed E-state index contributed by atoms with van der Waals surface area (Å²) >= 11 is 7.66. The van der Waals surface area contributed by atoms with E-state index in [9.17, 15) is 0 Å². The Morgan fingerprint density at radius 1 is 1.56 bits per heavy atom. The Kier molecular flexibility index (Phi) is 3.80. The summed E-state index contributed by atoms with van der Waals surface area (Å²) in [5, 5.41) is 15.4. The van der Waals surface area contributed by atoms with E-state index in [0.29, 0.717) is 16.4 Å². The number of thiazole rings is 1. The van der Waals surface area contributed by atoms with Crippen LogP contribution in [0.4, 0.5) is 5.82 Å². The molecule has 0 amide bonds. The first-order valence-corrected chi connectivity index (χ1v) is 6.60. The van der Waals surface area contributed by atoms with E-state index in [2.05, 4.69) is 15.3 Å². The second-order valence-corrected chi connectivity index (χ2v) is 5.09. The summed E-state index contributed by atoms with van der Waals surface area (Å²) in [6, 6.07) is 3.62. The predicted octanol–water partition coefficient (Wildman–Crippen LogP) is 3.54. The van der Waals surface area contributed by atoms with Crippen LogP contribution in [0.2, 0.25) is 5.02 Å². The Labute approximate surface area is 114 Å². The molecule has 0 aliphatic rings. The summed E-state index contributed by atoms with van der Waals surface area (Å²) in [5.74, 6) is 0.510. The molecule has 0 bridgehead atoms. The van der Waals surface area contributed by atoms with Crippen LogP contribution in [0.5, 0.6) is 0 Å². The van der Waals surface area contributed by atoms with E-state index >= 15 is 0 Å². The van der Waals surface area contributed by atoms with Crippen LogP contribution in [0, 0.1) is 18.3 Å². The lowest BCUT2D eigenvalue weighted by Gasteiger charge is -2.13. The van der Waals surface area contributed by atoms with Gasteiger partial charge >= 0.3 is 0 Å². The number of nitrogens with one attached hydrogen (secondary N) is 1. The van der Waals surface area contributed by atoms with Gasteiger partial charge in [-0.2, -0.15) is 5.26 Å². The largest absolute Gasteiger partial charge is 0.360 e. The Morgan fingerprint density at radius 3 is 2.94 bits per heavy atom. The van der Waals surface area contributed by atoms with Crippen molar-refractivity contribution >= 4 is 28.8 Å². The summed E-state index contributed by atoms with van der Waals surface area (Å²) in [5.41, 5.74) is 1.41. The van der Waals surface area contributed by atoms with Gasteiger partial charge in [-0.25, -0.2) is 9.97 Å². The molecule has 92 valence electrons. The molecule has 1 N–H and O–H groups in total. The summed E-state index contributed by atoms with van der Waals surface area (Å²) in [4.78, 5) is 8.54. The van der Waals surface area contributed by atoms with E-state index in [1.807, 2.05) is 25.3 Å². The van der Waals surface area contributed by atoms with Crippen LogP contribution in [0.25, 0.3) is 0 Å². The van der Waals surface area contributed by atoms with Gasteiger partial charge in [-0.15, -0.1) is 11.3 Å². The van der Waals surface area contributed by atoms with Gasteiger partial charge in [-0.1, -0.05) is 11.6 Å². The third kappa shape index (κ3) is 2.61. The molecule has 0 aliphatic heterocycles. The van der Waals surface area contributed by atoms with Gasteiger partial charge < -0.3 is 5.32 Å². The fourth-order valence-electron chi connectivity index (χ4n) is 1.47. The first-order chi connectivity index (χ1) is 8.61. The molecule has 0 saturated heterocycles.